The number of rotatable bonds is 6. The van der Waals surface area contributed by atoms with Gasteiger partial charge in [-0.3, -0.25) is 9.78 Å². The van der Waals surface area contributed by atoms with Crippen LogP contribution in [-0.2, 0) is 18.4 Å². The second-order valence-electron chi connectivity index (χ2n) is 7.12. The first-order valence-electron chi connectivity index (χ1n) is 9.66. The number of amides is 1. The Hall–Kier alpha value is -3.20. The van der Waals surface area contributed by atoms with Crippen molar-refractivity contribution in [2.24, 2.45) is 7.05 Å². The number of carbonyl (C=O) groups excluding carboxylic acids is 1. The van der Waals surface area contributed by atoms with Gasteiger partial charge in [0.05, 0.1) is 23.8 Å². The van der Waals surface area contributed by atoms with Crippen LogP contribution in [0.3, 0.4) is 0 Å². The highest BCUT2D eigenvalue weighted by Gasteiger charge is 2.17. The molecule has 30 heavy (non-hydrogen) atoms. The van der Waals surface area contributed by atoms with E-state index in [4.69, 9.17) is 0 Å². The minimum atomic E-state index is -0.0754. The number of hydrogen-bond acceptors (Lipinski definition) is 6. The highest BCUT2D eigenvalue weighted by atomic mass is 32.2. The van der Waals surface area contributed by atoms with Gasteiger partial charge in [0.25, 0.3) is 0 Å². The van der Waals surface area contributed by atoms with Crippen LogP contribution in [0, 0.1) is 13.8 Å². The first kappa shape index (κ1) is 20.1. The third-order valence-electron chi connectivity index (χ3n) is 4.86. The summed E-state index contributed by atoms with van der Waals surface area (Å²) in [5.74, 6) is 0.853. The van der Waals surface area contributed by atoms with Gasteiger partial charge >= 0.3 is 0 Å². The van der Waals surface area contributed by atoms with Crippen LogP contribution in [0.15, 0.2) is 41.9 Å². The molecule has 4 rings (SSSR count). The summed E-state index contributed by atoms with van der Waals surface area (Å²) >= 11 is 1.36. The molecule has 1 N–H and O–H groups in total. The van der Waals surface area contributed by atoms with Gasteiger partial charge in [-0.25, -0.2) is 4.98 Å². The smallest absolute Gasteiger partial charge is 0.234 e. The van der Waals surface area contributed by atoms with Gasteiger partial charge in [0.2, 0.25) is 5.91 Å². The van der Waals surface area contributed by atoms with E-state index in [1.165, 1.54) is 17.3 Å². The molecule has 8 nitrogen and oxygen atoms in total. The maximum absolute atomic E-state index is 12.4. The zero-order chi connectivity index (χ0) is 21.3. The molecule has 0 saturated carbocycles. The molecular formula is C21H23N7OS. The van der Waals surface area contributed by atoms with E-state index in [0.29, 0.717) is 17.5 Å². The summed E-state index contributed by atoms with van der Waals surface area (Å²) in [7, 11) is 1.94. The van der Waals surface area contributed by atoms with Crippen LogP contribution >= 0.6 is 11.8 Å². The first-order valence-corrected chi connectivity index (χ1v) is 10.7. The largest absolute Gasteiger partial charge is 0.334 e. The van der Waals surface area contributed by atoms with E-state index in [1.54, 1.807) is 12.5 Å². The Morgan fingerprint density at radius 3 is 2.77 bits per heavy atom. The molecule has 0 spiro atoms. The van der Waals surface area contributed by atoms with E-state index < -0.39 is 0 Å². The maximum Gasteiger partial charge on any atom is 0.234 e. The quantitative estimate of drug-likeness (QED) is 0.479. The number of aromatic nitrogens is 6. The van der Waals surface area contributed by atoms with E-state index in [-0.39, 0.29) is 11.7 Å². The lowest BCUT2D eigenvalue weighted by atomic mass is 10.1. The molecule has 3 aromatic heterocycles. The molecular weight excluding hydrogens is 398 g/mol. The van der Waals surface area contributed by atoms with Crippen molar-refractivity contribution in [2.45, 2.75) is 32.5 Å². The predicted octanol–water partition coefficient (Wildman–Crippen LogP) is 3.59. The lowest BCUT2D eigenvalue weighted by Gasteiger charge is -2.10. The molecule has 1 amide bonds. The average Bonchev–Trinajstić information content (AvgIpc) is 3.31. The predicted molar refractivity (Wildman–Crippen MR) is 118 cm³/mol. The molecule has 0 fully saturated rings. The number of thioether (sulfide) groups is 1. The van der Waals surface area contributed by atoms with E-state index in [1.807, 2.05) is 55.2 Å². The summed E-state index contributed by atoms with van der Waals surface area (Å²) in [5, 5.41) is 12.3. The second-order valence-corrected chi connectivity index (χ2v) is 8.06. The van der Waals surface area contributed by atoms with E-state index in [2.05, 4.69) is 31.5 Å². The summed E-state index contributed by atoms with van der Waals surface area (Å²) in [6, 6.07) is 7.93. The number of carbonyl (C=O) groups is 1. The molecule has 1 aromatic carbocycles. The zero-order valence-corrected chi connectivity index (χ0v) is 18.2. The van der Waals surface area contributed by atoms with Crippen LogP contribution in [-0.4, -0.2) is 41.0 Å². The standard InChI is InChI=1S/C21H23N7OS/c1-5-28-20(16-9-18-17(10-22-16)23-12-27(18)4)25-26-21(28)30-11-19(29)24-15-7-6-13(2)8-14(15)3/h6-10,12H,5,11H2,1-4H3,(H,24,29). The van der Waals surface area contributed by atoms with Crippen molar-refractivity contribution >= 4 is 34.4 Å². The zero-order valence-electron chi connectivity index (χ0n) is 17.4. The highest BCUT2D eigenvalue weighted by Crippen LogP contribution is 2.25. The van der Waals surface area contributed by atoms with Gasteiger partial charge in [0.1, 0.15) is 11.2 Å². The Kier molecular flexibility index (Phi) is 5.54. The molecule has 0 bridgehead atoms. The number of pyridine rings is 1. The molecule has 0 saturated heterocycles. The molecule has 0 aliphatic rings. The molecule has 0 unspecified atom stereocenters. The minimum Gasteiger partial charge on any atom is -0.334 e. The molecule has 0 radical (unpaired) electrons. The summed E-state index contributed by atoms with van der Waals surface area (Å²) in [6.07, 6.45) is 3.50. The van der Waals surface area contributed by atoms with Crippen molar-refractivity contribution in [3.05, 3.63) is 47.9 Å². The molecule has 154 valence electrons. The Morgan fingerprint density at radius 2 is 2.00 bits per heavy atom. The Labute approximate surface area is 178 Å². The molecule has 0 aliphatic carbocycles. The van der Waals surface area contributed by atoms with Crippen LogP contribution in [0.4, 0.5) is 5.69 Å². The SMILES string of the molecule is CCn1c(SCC(=O)Nc2ccc(C)cc2C)nnc1-c1cc2c(cn1)ncn2C. The van der Waals surface area contributed by atoms with Crippen LogP contribution < -0.4 is 5.32 Å². The highest BCUT2D eigenvalue weighted by molar-refractivity contribution is 7.99. The number of aryl methyl sites for hydroxylation is 3. The monoisotopic (exact) mass is 421 g/mol. The Balaban J connectivity index is 1.50. The van der Waals surface area contributed by atoms with Gasteiger partial charge < -0.3 is 14.5 Å². The topological polar surface area (TPSA) is 90.5 Å². The summed E-state index contributed by atoms with van der Waals surface area (Å²) in [5.41, 5.74) is 5.59. The van der Waals surface area contributed by atoms with Gasteiger partial charge in [-0.05, 0) is 38.5 Å². The average molecular weight is 422 g/mol. The van der Waals surface area contributed by atoms with Crippen molar-refractivity contribution < 1.29 is 4.79 Å². The van der Waals surface area contributed by atoms with Crippen molar-refractivity contribution in [3.8, 4) is 11.5 Å². The van der Waals surface area contributed by atoms with E-state index in [9.17, 15) is 4.79 Å². The van der Waals surface area contributed by atoms with Gasteiger partial charge in [0.15, 0.2) is 11.0 Å². The first-order chi connectivity index (χ1) is 14.5. The number of nitrogens with one attached hydrogen (secondary N) is 1. The van der Waals surface area contributed by atoms with E-state index >= 15 is 0 Å². The molecule has 9 heteroatoms. The minimum absolute atomic E-state index is 0.0754. The van der Waals surface area contributed by atoms with Crippen LogP contribution in [0.5, 0.6) is 0 Å². The van der Waals surface area contributed by atoms with Crippen LogP contribution in [0.25, 0.3) is 22.6 Å². The van der Waals surface area contributed by atoms with Crippen LogP contribution in [0.1, 0.15) is 18.1 Å². The summed E-state index contributed by atoms with van der Waals surface area (Å²) in [4.78, 5) is 21.2. The Bertz CT molecular complexity index is 1230. The molecule has 0 aliphatic heterocycles. The fourth-order valence-electron chi connectivity index (χ4n) is 3.29. The van der Waals surface area contributed by atoms with Gasteiger partial charge in [-0.2, -0.15) is 0 Å². The van der Waals surface area contributed by atoms with Crippen molar-refractivity contribution in [3.63, 3.8) is 0 Å². The fraction of sp³-hybridized carbons (Fsp3) is 0.286. The normalized spacial score (nSPS) is 11.2. The van der Waals surface area contributed by atoms with Gasteiger partial charge in [-0.15, -0.1) is 10.2 Å². The van der Waals surface area contributed by atoms with Crippen LogP contribution in [0.2, 0.25) is 0 Å². The molecule has 4 aromatic rings. The third kappa shape index (κ3) is 3.93. The number of imidazole rings is 1. The van der Waals surface area contributed by atoms with E-state index in [0.717, 1.165) is 28.0 Å². The third-order valence-corrected chi connectivity index (χ3v) is 5.83. The summed E-state index contributed by atoms with van der Waals surface area (Å²) in [6.45, 7) is 6.72. The number of fused-ring (bicyclic) bond motifs is 1. The maximum atomic E-state index is 12.4. The number of anilines is 1. The lowest BCUT2D eigenvalue weighted by Crippen LogP contribution is -2.15. The number of benzene rings is 1. The molecule has 3 heterocycles. The lowest BCUT2D eigenvalue weighted by molar-refractivity contribution is -0.113. The molecule has 0 atom stereocenters. The fourth-order valence-corrected chi connectivity index (χ4v) is 4.10. The van der Waals surface area contributed by atoms with Crippen molar-refractivity contribution in [2.75, 3.05) is 11.1 Å². The van der Waals surface area contributed by atoms with Gasteiger partial charge in [-0.1, -0.05) is 29.5 Å². The number of nitrogens with zero attached hydrogens (tertiary/aromatic N) is 6. The number of hydrogen-bond donors (Lipinski definition) is 1. The van der Waals surface area contributed by atoms with Gasteiger partial charge in [0, 0.05) is 19.3 Å². The Morgan fingerprint density at radius 1 is 1.17 bits per heavy atom. The second kappa shape index (κ2) is 8.27. The summed E-state index contributed by atoms with van der Waals surface area (Å²) < 4.78 is 3.92. The van der Waals surface area contributed by atoms with Crippen molar-refractivity contribution in [1.29, 1.82) is 0 Å². The van der Waals surface area contributed by atoms with Crippen molar-refractivity contribution in [1.82, 2.24) is 29.3 Å².